The topological polar surface area (TPSA) is 72.6 Å². The predicted molar refractivity (Wildman–Crippen MR) is 241 cm³/mol. The quantitative estimate of drug-likeness (QED) is 0.130. The first-order chi connectivity index (χ1) is 28.9. The van der Waals surface area contributed by atoms with E-state index in [1.807, 2.05) is 97.1 Å². The van der Waals surface area contributed by atoms with Gasteiger partial charge in [0.25, 0.3) is 0 Å². The fraction of sp³-hybridized carbons (Fsp3) is 0.0755. The summed E-state index contributed by atoms with van der Waals surface area (Å²) < 4.78 is 6.49. The first kappa shape index (κ1) is 37.0. The van der Waals surface area contributed by atoms with Crippen LogP contribution in [0.2, 0.25) is 0 Å². The Kier molecular flexibility index (Phi) is 10.1. The highest BCUT2D eigenvalue weighted by Gasteiger charge is 2.34. The fourth-order valence-corrected chi connectivity index (χ4v) is 7.60. The highest BCUT2D eigenvalue weighted by atomic mass is 16.5. The summed E-state index contributed by atoms with van der Waals surface area (Å²) in [7, 11) is 0. The van der Waals surface area contributed by atoms with E-state index >= 15 is 0 Å². The molecule has 0 fully saturated rings. The molecule has 1 aliphatic heterocycles. The van der Waals surface area contributed by atoms with Crippen molar-refractivity contribution in [1.29, 1.82) is 0 Å². The molecular weight excluding hydrogens is 723 g/mol. The fourth-order valence-electron chi connectivity index (χ4n) is 7.60. The second-order valence-electron chi connectivity index (χ2n) is 15.0. The van der Waals surface area contributed by atoms with Crippen molar-refractivity contribution >= 4 is 18.1 Å². The van der Waals surface area contributed by atoms with Crippen LogP contribution >= 0.6 is 0 Å². The highest BCUT2D eigenvalue weighted by Crippen LogP contribution is 2.48. The zero-order chi connectivity index (χ0) is 40.2. The van der Waals surface area contributed by atoms with Crippen LogP contribution in [0.5, 0.6) is 11.5 Å². The number of nitrogens with zero attached hydrogens (tertiary/aromatic N) is 5. The minimum absolute atomic E-state index is 0.225. The van der Waals surface area contributed by atoms with Crippen LogP contribution in [0.15, 0.2) is 198 Å². The average molecular weight is 764 g/mol. The Labute approximate surface area is 345 Å². The molecule has 2 heterocycles. The lowest BCUT2D eigenvalue weighted by Gasteiger charge is -2.34. The van der Waals surface area contributed by atoms with Crippen LogP contribution in [0.3, 0.4) is 0 Å². The third kappa shape index (κ3) is 7.76. The molecule has 9 rings (SSSR count). The number of aromatic nitrogens is 3. The van der Waals surface area contributed by atoms with Crippen molar-refractivity contribution in [3.63, 3.8) is 0 Å². The lowest BCUT2D eigenvalue weighted by Crippen LogP contribution is -2.24. The zero-order valence-corrected chi connectivity index (χ0v) is 33.0. The van der Waals surface area contributed by atoms with Gasteiger partial charge in [0.05, 0.1) is 18.0 Å². The van der Waals surface area contributed by atoms with Gasteiger partial charge in [0.2, 0.25) is 0 Å². The van der Waals surface area contributed by atoms with Gasteiger partial charge in [-0.2, -0.15) is 0 Å². The largest absolute Gasteiger partial charge is 0.457 e. The Morgan fingerprint density at radius 1 is 0.525 bits per heavy atom. The molecule has 0 N–H and O–H groups in total. The van der Waals surface area contributed by atoms with Crippen molar-refractivity contribution in [2.45, 2.75) is 25.8 Å². The van der Waals surface area contributed by atoms with E-state index in [1.54, 1.807) is 0 Å². The van der Waals surface area contributed by atoms with Crippen LogP contribution < -0.4 is 4.74 Å². The van der Waals surface area contributed by atoms with Crippen LogP contribution in [0, 0.1) is 0 Å². The molecule has 0 bridgehead atoms. The molecule has 0 unspecified atom stereocenters. The molecule has 0 radical (unpaired) electrons. The van der Waals surface area contributed by atoms with Crippen molar-refractivity contribution in [3.8, 4) is 56.8 Å². The summed E-state index contributed by atoms with van der Waals surface area (Å²) in [5, 5.41) is 0. The van der Waals surface area contributed by atoms with Gasteiger partial charge in [0.15, 0.2) is 17.5 Å². The summed E-state index contributed by atoms with van der Waals surface area (Å²) in [5.41, 5.74) is 11.4. The summed E-state index contributed by atoms with van der Waals surface area (Å²) >= 11 is 0. The molecule has 59 heavy (non-hydrogen) atoms. The Morgan fingerprint density at radius 3 is 1.81 bits per heavy atom. The summed E-state index contributed by atoms with van der Waals surface area (Å²) in [5.74, 6) is 3.39. The van der Waals surface area contributed by atoms with E-state index in [4.69, 9.17) is 24.7 Å². The molecule has 0 saturated heterocycles. The van der Waals surface area contributed by atoms with Crippen LogP contribution in [-0.2, 0) is 12.0 Å². The lowest BCUT2D eigenvalue weighted by atomic mass is 9.75. The Balaban J connectivity index is 1.10. The molecule has 1 aliphatic rings. The van der Waals surface area contributed by atoms with Crippen LogP contribution in [0.4, 0.5) is 0 Å². The van der Waals surface area contributed by atoms with Gasteiger partial charge in [0, 0.05) is 44.4 Å². The van der Waals surface area contributed by atoms with E-state index < -0.39 is 0 Å². The van der Waals surface area contributed by atoms with E-state index in [-0.39, 0.29) is 5.41 Å². The monoisotopic (exact) mass is 763 g/mol. The maximum absolute atomic E-state index is 6.49. The third-order valence-electron chi connectivity index (χ3n) is 10.8. The smallest absolute Gasteiger partial charge is 0.164 e. The first-order valence-electron chi connectivity index (χ1n) is 19.7. The lowest BCUT2D eigenvalue weighted by molar-refractivity contribution is 0.418. The summed E-state index contributed by atoms with van der Waals surface area (Å²) in [4.78, 5) is 24.8. The van der Waals surface area contributed by atoms with E-state index in [0.717, 1.165) is 78.5 Å². The second kappa shape index (κ2) is 16.1. The third-order valence-corrected chi connectivity index (χ3v) is 10.8. The molecule has 7 aromatic carbocycles. The van der Waals surface area contributed by atoms with E-state index in [0.29, 0.717) is 24.0 Å². The van der Waals surface area contributed by atoms with Gasteiger partial charge in [-0.15, -0.1) is 0 Å². The molecule has 6 heteroatoms. The van der Waals surface area contributed by atoms with Gasteiger partial charge in [-0.3, -0.25) is 9.98 Å². The van der Waals surface area contributed by atoms with Gasteiger partial charge >= 0.3 is 0 Å². The van der Waals surface area contributed by atoms with Crippen molar-refractivity contribution in [2.24, 2.45) is 9.98 Å². The number of allylic oxidation sites excluding steroid dienone is 1. The number of hydrogen-bond donors (Lipinski definition) is 0. The van der Waals surface area contributed by atoms with E-state index in [1.165, 1.54) is 0 Å². The summed E-state index contributed by atoms with van der Waals surface area (Å²) in [6, 6.07) is 61.7. The summed E-state index contributed by atoms with van der Waals surface area (Å²) in [6.07, 6.45) is 2.02. The van der Waals surface area contributed by atoms with Crippen molar-refractivity contribution < 1.29 is 4.74 Å². The minimum atomic E-state index is -0.225. The van der Waals surface area contributed by atoms with Crippen molar-refractivity contribution in [2.75, 3.05) is 0 Å². The van der Waals surface area contributed by atoms with Crippen LogP contribution in [0.1, 0.15) is 41.7 Å². The van der Waals surface area contributed by atoms with Gasteiger partial charge in [0.1, 0.15) is 11.5 Å². The van der Waals surface area contributed by atoms with Crippen LogP contribution in [-0.4, -0.2) is 27.4 Å². The van der Waals surface area contributed by atoms with Crippen molar-refractivity contribution in [1.82, 2.24) is 15.0 Å². The molecule has 284 valence electrons. The van der Waals surface area contributed by atoms with Gasteiger partial charge in [-0.1, -0.05) is 172 Å². The number of ether oxygens (including phenoxy) is 1. The predicted octanol–water partition coefficient (Wildman–Crippen LogP) is 12.7. The molecule has 0 atom stereocenters. The molecule has 0 spiro atoms. The number of hydrogen-bond acceptors (Lipinski definition) is 6. The number of rotatable bonds is 10. The molecular formula is C53H41N5O. The summed E-state index contributed by atoms with van der Waals surface area (Å²) in [6.45, 7) is 8.79. The molecule has 0 aliphatic carbocycles. The highest BCUT2D eigenvalue weighted by molar-refractivity contribution is 6.12. The number of benzene rings is 7. The second-order valence-corrected chi connectivity index (χ2v) is 15.0. The van der Waals surface area contributed by atoms with E-state index in [2.05, 4.69) is 117 Å². The Bertz CT molecular complexity index is 2870. The Morgan fingerprint density at radius 2 is 1.08 bits per heavy atom. The molecule has 8 aromatic rings. The SMILES string of the molecule is C=N/C(=C\C(=N/Cc1cccc(-c2nc(-c3ccccc3)nc(-c3ccc4c(c3)Oc3ccccc3C4(C)C)n2)c1)c1cccc(-c2ccccc2)c1)c1ccccc1. The normalized spacial score (nSPS) is 13.2. The molecule has 0 amide bonds. The van der Waals surface area contributed by atoms with Crippen LogP contribution in [0.25, 0.3) is 51.0 Å². The van der Waals surface area contributed by atoms with Gasteiger partial charge in [-0.25, -0.2) is 15.0 Å². The van der Waals surface area contributed by atoms with Gasteiger partial charge in [-0.05, 0) is 53.7 Å². The standard InChI is InChI=1S/C53H41N5O/c1-53(2)44-27-13-14-28-48(44)59-49-33-43(29-30-45(49)53)52-57-50(39-22-11-6-12-23-39)56-51(58-52)42-26-15-17-36(31-42)35-55-47(34-46(54-3)38-20-9-5-10-21-38)41-25-16-24-40(32-41)37-18-7-4-8-19-37/h4-34H,3,35H2,1-2H3/b46-34-,55-47+. The minimum Gasteiger partial charge on any atom is -0.457 e. The van der Waals surface area contributed by atoms with E-state index in [9.17, 15) is 0 Å². The molecule has 0 saturated carbocycles. The molecule has 6 nitrogen and oxygen atoms in total. The maximum Gasteiger partial charge on any atom is 0.164 e. The zero-order valence-electron chi connectivity index (χ0n) is 33.0. The average Bonchev–Trinajstić information content (AvgIpc) is 3.30. The Hall–Kier alpha value is -7.57. The van der Waals surface area contributed by atoms with Gasteiger partial charge < -0.3 is 4.74 Å². The molecule has 1 aromatic heterocycles. The number of fused-ring (bicyclic) bond motifs is 2. The maximum atomic E-state index is 6.49. The number of aliphatic imine (C=N–C) groups is 2. The van der Waals surface area contributed by atoms with Crippen molar-refractivity contribution in [3.05, 3.63) is 216 Å². The number of para-hydroxylation sites is 1. The first-order valence-corrected chi connectivity index (χ1v) is 19.7.